The molecule has 1 aliphatic heterocycles. The van der Waals surface area contributed by atoms with Gasteiger partial charge in [-0.1, -0.05) is 29.8 Å². The number of nitrogens with one attached hydrogen (secondary N) is 2. The Morgan fingerprint density at radius 3 is 2.71 bits per heavy atom. The second kappa shape index (κ2) is 7.84. The normalized spacial score (nSPS) is 16.4. The van der Waals surface area contributed by atoms with E-state index < -0.39 is 0 Å². The molecule has 2 heterocycles. The Labute approximate surface area is 163 Å². The van der Waals surface area contributed by atoms with Crippen LogP contribution < -0.4 is 10.2 Å². The van der Waals surface area contributed by atoms with Gasteiger partial charge in [-0.3, -0.25) is 9.89 Å². The van der Waals surface area contributed by atoms with Crippen LogP contribution in [0.1, 0.15) is 17.5 Å². The summed E-state index contributed by atoms with van der Waals surface area (Å²) in [6.45, 7) is 3.60. The number of hydrogen-bond donors (Lipinski definition) is 2. The van der Waals surface area contributed by atoms with Gasteiger partial charge >= 0.3 is 0 Å². The summed E-state index contributed by atoms with van der Waals surface area (Å²) in [4.78, 5) is 14.5. The number of hydrogen-bond acceptors (Lipinski definition) is 3. The summed E-state index contributed by atoms with van der Waals surface area (Å²) in [6.07, 6.45) is 1.28. The van der Waals surface area contributed by atoms with Crippen molar-refractivity contribution in [3.63, 3.8) is 0 Å². The number of carbonyl (C=O) groups is 1. The molecule has 144 valence electrons. The van der Waals surface area contributed by atoms with E-state index in [4.69, 9.17) is 0 Å². The topological polar surface area (TPSA) is 61.0 Å². The molecule has 1 aliphatic rings. The third kappa shape index (κ3) is 4.22. The second-order valence-electron chi connectivity index (χ2n) is 7.31. The molecule has 3 aromatic rings. The predicted molar refractivity (Wildman–Crippen MR) is 108 cm³/mol. The van der Waals surface area contributed by atoms with Crippen LogP contribution in [0.4, 0.5) is 10.2 Å². The summed E-state index contributed by atoms with van der Waals surface area (Å²) in [6, 6.07) is 16.4. The molecule has 1 fully saturated rings. The third-order valence-electron chi connectivity index (χ3n) is 5.08. The number of amides is 1. The average molecular weight is 378 g/mol. The number of aromatic amines is 1. The maximum atomic E-state index is 13.1. The zero-order valence-corrected chi connectivity index (χ0v) is 15.8. The monoisotopic (exact) mass is 378 g/mol. The van der Waals surface area contributed by atoms with Gasteiger partial charge in [0, 0.05) is 25.2 Å². The van der Waals surface area contributed by atoms with E-state index in [9.17, 15) is 9.18 Å². The van der Waals surface area contributed by atoms with Gasteiger partial charge in [-0.15, -0.1) is 0 Å². The van der Waals surface area contributed by atoms with Gasteiger partial charge in [0.1, 0.15) is 5.82 Å². The molecule has 1 amide bonds. The van der Waals surface area contributed by atoms with E-state index >= 15 is 0 Å². The van der Waals surface area contributed by atoms with Crippen LogP contribution in [-0.4, -0.2) is 35.2 Å². The number of aromatic nitrogens is 2. The first-order valence-corrected chi connectivity index (χ1v) is 9.48. The molecule has 28 heavy (non-hydrogen) atoms. The van der Waals surface area contributed by atoms with Crippen LogP contribution >= 0.6 is 0 Å². The number of aryl methyl sites for hydroxylation is 1. The van der Waals surface area contributed by atoms with E-state index in [1.54, 1.807) is 12.1 Å². The van der Waals surface area contributed by atoms with Crippen LogP contribution in [-0.2, 0) is 11.2 Å². The Kier molecular flexibility index (Phi) is 5.10. The zero-order chi connectivity index (χ0) is 19.5. The molecule has 0 bridgehead atoms. The molecule has 2 N–H and O–H groups in total. The van der Waals surface area contributed by atoms with Crippen LogP contribution in [0.5, 0.6) is 0 Å². The summed E-state index contributed by atoms with van der Waals surface area (Å²) in [5.74, 6) is 0.631. The van der Waals surface area contributed by atoms with Crippen molar-refractivity contribution in [1.82, 2.24) is 15.5 Å². The van der Waals surface area contributed by atoms with E-state index in [0.717, 1.165) is 42.1 Å². The van der Waals surface area contributed by atoms with Crippen LogP contribution in [0.15, 0.2) is 54.6 Å². The van der Waals surface area contributed by atoms with E-state index in [2.05, 4.69) is 20.4 Å². The molecule has 5 nitrogen and oxygen atoms in total. The van der Waals surface area contributed by atoms with Crippen molar-refractivity contribution in [2.24, 2.45) is 0 Å². The van der Waals surface area contributed by atoms with Crippen LogP contribution in [0, 0.1) is 12.7 Å². The van der Waals surface area contributed by atoms with Crippen molar-refractivity contribution in [3.05, 3.63) is 71.5 Å². The van der Waals surface area contributed by atoms with Gasteiger partial charge in [-0.05, 0) is 48.7 Å². The summed E-state index contributed by atoms with van der Waals surface area (Å²) in [5, 5.41) is 10.5. The van der Waals surface area contributed by atoms with Crippen molar-refractivity contribution >= 4 is 11.7 Å². The fourth-order valence-corrected chi connectivity index (χ4v) is 3.51. The molecule has 1 aromatic heterocycles. The van der Waals surface area contributed by atoms with Gasteiger partial charge < -0.3 is 10.2 Å². The van der Waals surface area contributed by atoms with Crippen LogP contribution in [0.2, 0.25) is 0 Å². The summed E-state index contributed by atoms with van der Waals surface area (Å²) >= 11 is 0. The van der Waals surface area contributed by atoms with E-state index in [-0.39, 0.29) is 17.8 Å². The first-order chi connectivity index (χ1) is 13.6. The Morgan fingerprint density at radius 2 is 1.96 bits per heavy atom. The third-order valence-corrected chi connectivity index (χ3v) is 5.08. The smallest absolute Gasteiger partial charge is 0.224 e. The highest BCUT2D eigenvalue weighted by molar-refractivity contribution is 5.79. The lowest BCUT2D eigenvalue weighted by Gasteiger charge is -2.16. The molecular formula is C22H23FN4O. The van der Waals surface area contributed by atoms with E-state index in [0.29, 0.717) is 6.42 Å². The van der Waals surface area contributed by atoms with Gasteiger partial charge in [-0.2, -0.15) is 5.10 Å². The molecule has 4 rings (SSSR count). The lowest BCUT2D eigenvalue weighted by atomic mass is 10.1. The number of nitrogens with zero attached hydrogens (tertiary/aromatic N) is 2. The molecule has 2 aromatic carbocycles. The SMILES string of the molecule is Cc1ccc(CC(=O)N[C@@H]2CCN(c3cc(-c4ccc(F)cc4)[nH]n3)C2)cc1. The van der Waals surface area contributed by atoms with Crippen molar-refractivity contribution in [2.45, 2.75) is 25.8 Å². The van der Waals surface area contributed by atoms with Gasteiger partial charge in [0.2, 0.25) is 5.91 Å². The zero-order valence-electron chi connectivity index (χ0n) is 15.8. The minimum atomic E-state index is -0.257. The first-order valence-electron chi connectivity index (χ1n) is 9.48. The number of halogens is 1. The Morgan fingerprint density at radius 1 is 1.21 bits per heavy atom. The van der Waals surface area contributed by atoms with Crippen LogP contribution in [0.3, 0.4) is 0 Å². The summed E-state index contributed by atoms with van der Waals surface area (Å²) in [5.41, 5.74) is 3.95. The van der Waals surface area contributed by atoms with Gasteiger partial charge in [0.05, 0.1) is 12.1 Å². The maximum absolute atomic E-state index is 13.1. The fraction of sp³-hybridized carbons (Fsp3) is 0.273. The summed E-state index contributed by atoms with van der Waals surface area (Å²) in [7, 11) is 0. The van der Waals surface area contributed by atoms with Gasteiger partial charge in [0.15, 0.2) is 5.82 Å². The largest absolute Gasteiger partial charge is 0.353 e. The highest BCUT2D eigenvalue weighted by Gasteiger charge is 2.25. The van der Waals surface area contributed by atoms with Gasteiger partial charge in [0.25, 0.3) is 0 Å². The Balaban J connectivity index is 1.33. The minimum Gasteiger partial charge on any atom is -0.353 e. The van der Waals surface area contributed by atoms with Crippen molar-refractivity contribution in [2.75, 3.05) is 18.0 Å². The summed E-state index contributed by atoms with van der Waals surface area (Å²) < 4.78 is 13.1. The van der Waals surface area contributed by atoms with Crippen molar-refractivity contribution < 1.29 is 9.18 Å². The molecular weight excluding hydrogens is 355 g/mol. The number of H-pyrrole nitrogens is 1. The quantitative estimate of drug-likeness (QED) is 0.715. The van der Waals surface area contributed by atoms with Crippen molar-refractivity contribution in [1.29, 1.82) is 0 Å². The van der Waals surface area contributed by atoms with Crippen LogP contribution in [0.25, 0.3) is 11.3 Å². The average Bonchev–Trinajstić information content (AvgIpc) is 3.34. The molecule has 0 unspecified atom stereocenters. The lowest BCUT2D eigenvalue weighted by Crippen LogP contribution is -2.38. The Bertz CT molecular complexity index is 949. The minimum absolute atomic E-state index is 0.0460. The molecule has 0 saturated carbocycles. The molecule has 1 saturated heterocycles. The molecule has 1 atom stereocenters. The van der Waals surface area contributed by atoms with Crippen molar-refractivity contribution in [3.8, 4) is 11.3 Å². The number of benzene rings is 2. The Hall–Kier alpha value is -3.15. The first kappa shape index (κ1) is 18.2. The second-order valence-corrected chi connectivity index (χ2v) is 7.31. The molecule has 6 heteroatoms. The number of rotatable bonds is 5. The number of anilines is 1. The number of carbonyl (C=O) groups excluding carboxylic acids is 1. The van der Waals surface area contributed by atoms with Gasteiger partial charge in [-0.25, -0.2) is 4.39 Å². The molecule has 0 spiro atoms. The van der Waals surface area contributed by atoms with E-state index in [1.165, 1.54) is 17.7 Å². The highest BCUT2D eigenvalue weighted by atomic mass is 19.1. The highest BCUT2D eigenvalue weighted by Crippen LogP contribution is 2.24. The standard InChI is InChI=1S/C22H23FN4O/c1-15-2-4-16(5-3-15)12-22(28)24-19-10-11-27(14-19)21-13-20(25-26-21)17-6-8-18(23)9-7-17/h2-9,13,19H,10-12,14H2,1H3,(H,24,28)(H,25,26)/t19-/m1/s1. The lowest BCUT2D eigenvalue weighted by molar-refractivity contribution is -0.121. The molecule has 0 aliphatic carbocycles. The maximum Gasteiger partial charge on any atom is 0.224 e. The molecule has 0 radical (unpaired) electrons. The predicted octanol–water partition coefficient (Wildman–Crippen LogP) is 3.46. The fourth-order valence-electron chi connectivity index (χ4n) is 3.51. The van der Waals surface area contributed by atoms with E-state index in [1.807, 2.05) is 37.3 Å².